The summed E-state index contributed by atoms with van der Waals surface area (Å²) in [5.41, 5.74) is 6.34. The number of hydrogen-bond donors (Lipinski definition) is 2. The molecule has 0 spiro atoms. The lowest BCUT2D eigenvalue weighted by molar-refractivity contribution is 0.0914. The summed E-state index contributed by atoms with van der Waals surface area (Å²) in [5, 5.41) is 0.873. The summed E-state index contributed by atoms with van der Waals surface area (Å²) in [5.74, 6) is -0.194. The number of benzene rings is 1. The van der Waals surface area contributed by atoms with Crippen molar-refractivity contribution >= 4 is 34.8 Å². The number of hydrazine groups is 1. The fourth-order valence-corrected chi connectivity index (χ4v) is 1.66. The summed E-state index contributed by atoms with van der Waals surface area (Å²) < 4.78 is 4.95. The molecule has 0 bridgehead atoms. The van der Waals surface area contributed by atoms with E-state index in [9.17, 15) is 4.79 Å². The minimum Gasteiger partial charge on any atom is -0.459 e. The molecule has 2 aromatic rings. The van der Waals surface area contributed by atoms with Gasteiger partial charge in [-0.15, -0.1) is 0 Å². The van der Waals surface area contributed by atoms with Crippen molar-refractivity contribution in [1.29, 1.82) is 0 Å². The van der Waals surface area contributed by atoms with Crippen molar-refractivity contribution in [3.8, 4) is 0 Å². The predicted molar refractivity (Wildman–Crippen MR) is 74.8 cm³/mol. The van der Waals surface area contributed by atoms with Crippen LogP contribution in [0.4, 0.5) is 0 Å². The molecule has 1 aromatic heterocycles. The fourth-order valence-electron chi connectivity index (χ4n) is 1.36. The largest absolute Gasteiger partial charge is 0.459 e. The molecule has 0 radical (unpaired) electrons. The van der Waals surface area contributed by atoms with Crippen molar-refractivity contribution in [3.05, 3.63) is 64.5 Å². The highest BCUT2D eigenvalue weighted by Gasteiger charge is 2.08. The summed E-state index contributed by atoms with van der Waals surface area (Å²) in [7, 11) is 0. The Morgan fingerprint density at radius 2 is 1.95 bits per heavy atom. The maximum atomic E-state index is 11.6. The second kappa shape index (κ2) is 5.82. The van der Waals surface area contributed by atoms with E-state index in [0.717, 1.165) is 0 Å². The molecule has 0 atom stereocenters. The molecule has 0 aliphatic carbocycles. The number of furan rings is 1. The second-order valence-corrected chi connectivity index (χ2v) is 4.48. The summed E-state index contributed by atoms with van der Waals surface area (Å²) in [6.45, 7) is 3.79. The molecule has 6 heteroatoms. The topological polar surface area (TPSA) is 54.3 Å². The molecule has 19 heavy (non-hydrogen) atoms. The van der Waals surface area contributed by atoms with Crippen molar-refractivity contribution < 1.29 is 9.21 Å². The Bertz CT molecular complexity index is 609. The Labute approximate surface area is 120 Å². The highest BCUT2D eigenvalue weighted by atomic mass is 35.5. The highest BCUT2D eigenvalue weighted by Crippen LogP contribution is 2.24. The zero-order valence-electron chi connectivity index (χ0n) is 9.74. The van der Waals surface area contributed by atoms with Crippen LogP contribution in [0.25, 0.3) is 5.70 Å². The molecule has 0 unspecified atom stereocenters. The average molecular weight is 297 g/mol. The van der Waals surface area contributed by atoms with Crippen molar-refractivity contribution in [2.24, 2.45) is 0 Å². The molecular weight excluding hydrogens is 287 g/mol. The van der Waals surface area contributed by atoms with Crippen LogP contribution in [0, 0.1) is 0 Å². The first-order chi connectivity index (χ1) is 9.08. The molecule has 0 fully saturated rings. The zero-order chi connectivity index (χ0) is 13.8. The smallest absolute Gasteiger partial charge is 0.305 e. The van der Waals surface area contributed by atoms with Crippen molar-refractivity contribution in [2.45, 2.75) is 0 Å². The van der Waals surface area contributed by atoms with Gasteiger partial charge < -0.3 is 4.42 Å². The summed E-state index contributed by atoms with van der Waals surface area (Å²) in [6.07, 6.45) is 1.42. The third-order valence-electron chi connectivity index (χ3n) is 2.34. The highest BCUT2D eigenvalue weighted by molar-refractivity contribution is 6.42. The Kier molecular flexibility index (Phi) is 4.14. The van der Waals surface area contributed by atoms with E-state index in [0.29, 0.717) is 21.3 Å². The van der Waals surface area contributed by atoms with Crippen LogP contribution in [0.2, 0.25) is 10.0 Å². The van der Waals surface area contributed by atoms with Crippen LogP contribution in [0.1, 0.15) is 16.1 Å². The maximum absolute atomic E-state index is 11.6. The molecular formula is C13H10Cl2N2O2. The van der Waals surface area contributed by atoms with Gasteiger partial charge in [0.25, 0.3) is 0 Å². The predicted octanol–water partition coefficient (Wildman–Crippen LogP) is 3.49. The molecule has 2 N–H and O–H groups in total. The number of carbonyl (C=O) groups is 1. The van der Waals surface area contributed by atoms with Gasteiger partial charge in [0.05, 0.1) is 22.0 Å². The van der Waals surface area contributed by atoms with Gasteiger partial charge in [-0.1, -0.05) is 35.8 Å². The van der Waals surface area contributed by atoms with Gasteiger partial charge in [-0.05, 0) is 24.3 Å². The Hall–Kier alpha value is -1.91. The zero-order valence-corrected chi connectivity index (χ0v) is 11.3. The van der Waals surface area contributed by atoms with Crippen molar-refractivity contribution in [1.82, 2.24) is 10.9 Å². The third-order valence-corrected chi connectivity index (χ3v) is 3.08. The van der Waals surface area contributed by atoms with Crippen LogP contribution in [-0.2, 0) is 0 Å². The Morgan fingerprint density at radius 3 is 2.58 bits per heavy atom. The first-order valence-electron chi connectivity index (χ1n) is 5.32. The first kappa shape index (κ1) is 13.5. The lowest BCUT2D eigenvalue weighted by Gasteiger charge is -2.10. The minimum atomic E-state index is -0.397. The van der Waals surface area contributed by atoms with E-state index in [1.54, 1.807) is 30.3 Å². The van der Waals surface area contributed by atoms with Gasteiger partial charge in [-0.2, -0.15) is 0 Å². The summed E-state index contributed by atoms with van der Waals surface area (Å²) in [6, 6.07) is 8.23. The molecule has 4 nitrogen and oxygen atoms in total. The van der Waals surface area contributed by atoms with Crippen LogP contribution < -0.4 is 10.9 Å². The molecule has 1 heterocycles. The number of rotatable bonds is 4. The van der Waals surface area contributed by atoms with Crippen LogP contribution in [-0.4, -0.2) is 5.91 Å². The van der Waals surface area contributed by atoms with E-state index >= 15 is 0 Å². The first-order valence-corrected chi connectivity index (χ1v) is 6.07. The van der Waals surface area contributed by atoms with Gasteiger partial charge in [0.2, 0.25) is 0 Å². The van der Waals surface area contributed by atoms with Gasteiger partial charge in [0.1, 0.15) is 0 Å². The molecule has 1 aromatic carbocycles. The average Bonchev–Trinajstić information content (AvgIpc) is 2.92. The van der Waals surface area contributed by atoms with Crippen LogP contribution in [0.3, 0.4) is 0 Å². The second-order valence-electron chi connectivity index (χ2n) is 3.66. The van der Waals surface area contributed by atoms with E-state index in [2.05, 4.69) is 17.4 Å². The van der Waals surface area contributed by atoms with Crippen LogP contribution >= 0.6 is 23.2 Å². The van der Waals surface area contributed by atoms with Crippen LogP contribution in [0.15, 0.2) is 47.6 Å². The van der Waals surface area contributed by atoms with Gasteiger partial charge >= 0.3 is 5.91 Å². The molecule has 0 aliphatic rings. The Balaban J connectivity index is 1.98. The molecule has 2 rings (SSSR count). The van der Waals surface area contributed by atoms with Crippen molar-refractivity contribution in [2.75, 3.05) is 0 Å². The number of nitrogens with one attached hydrogen (secondary N) is 2. The number of amides is 1. The summed E-state index contributed by atoms with van der Waals surface area (Å²) in [4.78, 5) is 11.6. The van der Waals surface area contributed by atoms with E-state index < -0.39 is 5.91 Å². The van der Waals surface area contributed by atoms with Gasteiger partial charge in [0, 0.05) is 5.56 Å². The normalized spacial score (nSPS) is 10.0. The lowest BCUT2D eigenvalue weighted by Crippen LogP contribution is -2.35. The Morgan fingerprint density at radius 1 is 1.16 bits per heavy atom. The van der Waals surface area contributed by atoms with E-state index in [4.69, 9.17) is 27.6 Å². The third kappa shape index (κ3) is 3.30. The molecule has 0 saturated carbocycles. The molecule has 1 amide bonds. The fraction of sp³-hybridized carbons (Fsp3) is 0. The number of hydrogen-bond acceptors (Lipinski definition) is 3. The van der Waals surface area contributed by atoms with E-state index in [1.807, 2.05) is 0 Å². The lowest BCUT2D eigenvalue weighted by atomic mass is 10.2. The monoisotopic (exact) mass is 296 g/mol. The van der Waals surface area contributed by atoms with Gasteiger partial charge in [0.15, 0.2) is 5.76 Å². The number of carbonyl (C=O) groups excluding carboxylic acids is 1. The quantitative estimate of drug-likeness (QED) is 0.849. The van der Waals surface area contributed by atoms with E-state index in [-0.39, 0.29) is 5.76 Å². The van der Waals surface area contributed by atoms with Crippen molar-refractivity contribution in [3.63, 3.8) is 0 Å². The standard InChI is InChI=1S/C13H10Cl2N2O2/c1-8(9-4-5-10(14)11(15)7-9)16-17-13(18)12-3-2-6-19-12/h2-7,16H,1H2,(H,17,18). The molecule has 0 aliphatic heterocycles. The molecule has 98 valence electrons. The van der Waals surface area contributed by atoms with E-state index in [1.165, 1.54) is 6.26 Å². The maximum Gasteiger partial charge on any atom is 0.305 e. The SMILES string of the molecule is C=C(NNC(=O)c1ccco1)c1ccc(Cl)c(Cl)c1. The van der Waals surface area contributed by atoms with Crippen LogP contribution in [0.5, 0.6) is 0 Å². The van der Waals surface area contributed by atoms with Gasteiger partial charge in [-0.25, -0.2) is 0 Å². The van der Waals surface area contributed by atoms with Gasteiger partial charge in [-0.3, -0.25) is 15.6 Å². The minimum absolute atomic E-state index is 0.203. The number of halogens is 2. The summed E-state index contributed by atoms with van der Waals surface area (Å²) >= 11 is 11.7. The molecule has 0 saturated heterocycles.